The topological polar surface area (TPSA) is 83.6 Å². The van der Waals surface area contributed by atoms with Gasteiger partial charge in [-0.3, -0.25) is 19.5 Å². The maximum atomic E-state index is 12.1. The summed E-state index contributed by atoms with van der Waals surface area (Å²) in [5, 5.41) is 5.34. The van der Waals surface area contributed by atoms with Crippen LogP contribution >= 0.6 is 0 Å². The first-order valence-electron chi connectivity index (χ1n) is 9.49. The first-order valence-corrected chi connectivity index (χ1v) is 9.49. The van der Waals surface area contributed by atoms with E-state index in [2.05, 4.69) is 20.5 Å². The summed E-state index contributed by atoms with van der Waals surface area (Å²) in [4.78, 5) is 30.9. The molecule has 0 aliphatic carbocycles. The molecule has 0 saturated carbocycles. The third-order valence-electron chi connectivity index (χ3n) is 4.90. The van der Waals surface area contributed by atoms with Crippen molar-refractivity contribution in [2.45, 2.75) is 19.4 Å². The lowest BCUT2D eigenvalue weighted by atomic mass is 9.96. The number of pyridine rings is 1. The molecular formula is C21H26N4O3. The number of likely N-dealkylation sites (tertiary alicyclic amines) is 1. The number of amides is 2. The molecule has 2 heterocycles. The number of piperidine rings is 1. The first-order chi connectivity index (χ1) is 13.6. The SMILES string of the molecule is COc1cccc(NC(=O)C(=O)NCC2CCN(Cc3ccccn3)CC2)c1. The monoisotopic (exact) mass is 382 g/mol. The van der Waals surface area contributed by atoms with Crippen molar-refractivity contribution >= 4 is 17.5 Å². The van der Waals surface area contributed by atoms with Gasteiger partial charge in [-0.1, -0.05) is 12.1 Å². The summed E-state index contributed by atoms with van der Waals surface area (Å²) in [6, 6.07) is 12.9. The highest BCUT2D eigenvalue weighted by Crippen LogP contribution is 2.18. The van der Waals surface area contributed by atoms with Gasteiger partial charge in [-0.15, -0.1) is 0 Å². The van der Waals surface area contributed by atoms with Crippen molar-refractivity contribution in [3.05, 3.63) is 54.4 Å². The molecule has 7 nitrogen and oxygen atoms in total. The van der Waals surface area contributed by atoms with E-state index in [0.717, 1.165) is 38.2 Å². The molecule has 1 aromatic heterocycles. The molecule has 3 rings (SSSR count). The van der Waals surface area contributed by atoms with Crippen molar-refractivity contribution in [1.82, 2.24) is 15.2 Å². The number of aromatic nitrogens is 1. The van der Waals surface area contributed by atoms with Crippen molar-refractivity contribution < 1.29 is 14.3 Å². The third-order valence-corrected chi connectivity index (χ3v) is 4.90. The minimum absolute atomic E-state index is 0.383. The van der Waals surface area contributed by atoms with E-state index in [1.54, 1.807) is 31.4 Å². The van der Waals surface area contributed by atoms with E-state index in [9.17, 15) is 9.59 Å². The second-order valence-corrected chi connectivity index (χ2v) is 6.94. The van der Waals surface area contributed by atoms with Gasteiger partial charge in [0.2, 0.25) is 0 Å². The summed E-state index contributed by atoms with van der Waals surface area (Å²) in [7, 11) is 1.55. The van der Waals surface area contributed by atoms with Crippen LogP contribution < -0.4 is 15.4 Å². The van der Waals surface area contributed by atoms with Crippen LogP contribution in [0.15, 0.2) is 48.7 Å². The van der Waals surface area contributed by atoms with E-state index in [1.807, 2.05) is 24.4 Å². The molecule has 0 spiro atoms. The Morgan fingerprint density at radius 3 is 2.68 bits per heavy atom. The zero-order chi connectivity index (χ0) is 19.8. The van der Waals surface area contributed by atoms with Gasteiger partial charge < -0.3 is 15.4 Å². The average Bonchev–Trinajstić information content (AvgIpc) is 2.74. The van der Waals surface area contributed by atoms with Crippen LogP contribution in [-0.2, 0) is 16.1 Å². The summed E-state index contributed by atoms with van der Waals surface area (Å²) in [6.45, 7) is 3.30. The van der Waals surface area contributed by atoms with Gasteiger partial charge in [0.1, 0.15) is 5.75 Å². The largest absolute Gasteiger partial charge is 0.497 e. The molecule has 7 heteroatoms. The lowest BCUT2D eigenvalue weighted by Gasteiger charge is -2.31. The van der Waals surface area contributed by atoms with Gasteiger partial charge in [-0.05, 0) is 56.1 Å². The van der Waals surface area contributed by atoms with Crippen molar-refractivity contribution in [2.75, 3.05) is 32.1 Å². The summed E-state index contributed by atoms with van der Waals surface area (Å²) in [5.41, 5.74) is 1.60. The van der Waals surface area contributed by atoms with Crippen LogP contribution in [0.1, 0.15) is 18.5 Å². The smallest absolute Gasteiger partial charge is 0.313 e. The number of rotatable bonds is 6. The Morgan fingerprint density at radius 1 is 1.14 bits per heavy atom. The zero-order valence-corrected chi connectivity index (χ0v) is 16.1. The Bertz CT molecular complexity index is 789. The number of carbonyl (C=O) groups is 2. The zero-order valence-electron chi connectivity index (χ0n) is 16.1. The Labute approximate surface area is 165 Å². The molecule has 1 aliphatic rings. The molecule has 28 heavy (non-hydrogen) atoms. The third kappa shape index (κ3) is 5.79. The molecule has 1 fully saturated rings. The maximum Gasteiger partial charge on any atom is 0.313 e. The quantitative estimate of drug-likeness (QED) is 0.747. The minimum atomic E-state index is -0.666. The number of nitrogens with zero attached hydrogens (tertiary/aromatic N) is 2. The molecular weight excluding hydrogens is 356 g/mol. The fourth-order valence-corrected chi connectivity index (χ4v) is 3.28. The molecule has 1 aromatic carbocycles. The first kappa shape index (κ1) is 19.8. The number of benzene rings is 1. The van der Waals surface area contributed by atoms with Crippen LogP contribution in [0.25, 0.3) is 0 Å². The molecule has 2 N–H and O–H groups in total. The van der Waals surface area contributed by atoms with Gasteiger partial charge in [0.15, 0.2) is 0 Å². The van der Waals surface area contributed by atoms with E-state index in [0.29, 0.717) is 23.9 Å². The highest BCUT2D eigenvalue weighted by molar-refractivity contribution is 6.39. The number of hydrogen-bond donors (Lipinski definition) is 2. The fraction of sp³-hybridized carbons (Fsp3) is 0.381. The lowest BCUT2D eigenvalue weighted by Crippen LogP contribution is -2.41. The predicted molar refractivity (Wildman–Crippen MR) is 107 cm³/mol. The molecule has 1 aliphatic heterocycles. The average molecular weight is 382 g/mol. The summed E-state index contributed by atoms with van der Waals surface area (Å²) < 4.78 is 5.11. The van der Waals surface area contributed by atoms with Crippen molar-refractivity contribution in [2.24, 2.45) is 5.92 Å². The standard InChI is InChI=1S/C21H26N4O3/c1-28-19-7-4-6-17(13-19)24-21(27)20(26)23-14-16-8-11-25(12-9-16)15-18-5-2-3-10-22-18/h2-7,10,13,16H,8-9,11-12,14-15H2,1H3,(H,23,26)(H,24,27). The number of anilines is 1. The highest BCUT2D eigenvalue weighted by Gasteiger charge is 2.21. The van der Waals surface area contributed by atoms with Gasteiger partial charge in [0.25, 0.3) is 0 Å². The minimum Gasteiger partial charge on any atom is -0.497 e. The second-order valence-electron chi connectivity index (χ2n) is 6.94. The van der Waals surface area contributed by atoms with E-state index in [1.165, 1.54) is 0 Å². The molecule has 2 aromatic rings. The van der Waals surface area contributed by atoms with E-state index in [-0.39, 0.29) is 0 Å². The number of methoxy groups -OCH3 is 1. The molecule has 0 bridgehead atoms. The predicted octanol–water partition coefficient (Wildman–Crippen LogP) is 2.06. The van der Waals surface area contributed by atoms with Crippen molar-refractivity contribution in [1.29, 1.82) is 0 Å². The summed E-state index contributed by atoms with van der Waals surface area (Å²) in [5.74, 6) is -0.274. The van der Waals surface area contributed by atoms with E-state index in [4.69, 9.17) is 4.74 Å². The Morgan fingerprint density at radius 2 is 1.96 bits per heavy atom. The Balaban J connectivity index is 1.38. The molecule has 1 saturated heterocycles. The number of hydrogen-bond acceptors (Lipinski definition) is 5. The van der Waals surface area contributed by atoms with Crippen LogP contribution in [0.3, 0.4) is 0 Å². The van der Waals surface area contributed by atoms with E-state index >= 15 is 0 Å². The normalized spacial score (nSPS) is 15.0. The van der Waals surface area contributed by atoms with Gasteiger partial charge >= 0.3 is 11.8 Å². The molecule has 2 amide bonds. The molecule has 0 atom stereocenters. The number of nitrogens with one attached hydrogen (secondary N) is 2. The van der Waals surface area contributed by atoms with Crippen LogP contribution in [0.4, 0.5) is 5.69 Å². The van der Waals surface area contributed by atoms with Crippen LogP contribution in [0, 0.1) is 5.92 Å². The van der Waals surface area contributed by atoms with Gasteiger partial charge in [-0.2, -0.15) is 0 Å². The Hall–Kier alpha value is -2.93. The maximum absolute atomic E-state index is 12.1. The molecule has 0 radical (unpaired) electrons. The summed E-state index contributed by atoms with van der Waals surface area (Å²) >= 11 is 0. The molecule has 0 unspecified atom stereocenters. The van der Waals surface area contributed by atoms with Gasteiger partial charge in [-0.25, -0.2) is 0 Å². The number of ether oxygens (including phenoxy) is 1. The highest BCUT2D eigenvalue weighted by atomic mass is 16.5. The van der Waals surface area contributed by atoms with Crippen molar-refractivity contribution in [3.63, 3.8) is 0 Å². The van der Waals surface area contributed by atoms with Crippen LogP contribution in [0.2, 0.25) is 0 Å². The second kappa shape index (κ2) is 9.85. The summed E-state index contributed by atoms with van der Waals surface area (Å²) in [6.07, 6.45) is 3.80. The van der Waals surface area contributed by atoms with Crippen molar-refractivity contribution in [3.8, 4) is 5.75 Å². The van der Waals surface area contributed by atoms with Gasteiger partial charge in [0.05, 0.1) is 12.8 Å². The fourth-order valence-electron chi connectivity index (χ4n) is 3.28. The molecule has 148 valence electrons. The lowest BCUT2D eigenvalue weighted by molar-refractivity contribution is -0.136. The van der Waals surface area contributed by atoms with Gasteiger partial charge in [0, 0.05) is 31.0 Å². The van der Waals surface area contributed by atoms with E-state index < -0.39 is 11.8 Å². The van der Waals surface area contributed by atoms with Crippen LogP contribution in [-0.4, -0.2) is 48.4 Å². The Kier molecular flexibility index (Phi) is 6.97. The number of carbonyl (C=O) groups excluding carboxylic acids is 2. The van der Waals surface area contributed by atoms with Crippen LogP contribution in [0.5, 0.6) is 5.75 Å².